The Morgan fingerprint density at radius 2 is 1.88 bits per heavy atom. The summed E-state index contributed by atoms with van der Waals surface area (Å²) in [5.74, 6) is 0. The van der Waals surface area contributed by atoms with E-state index in [2.05, 4.69) is 55.3 Å². The number of rotatable bonds is 4. The van der Waals surface area contributed by atoms with Crippen LogP contribution >= 0.6 is 11.3 Å². The first-order chi connectivity index (χ1) is 8.20. The van der Waals surface area contributed by atoms with E-state index in [4.69, 9.17) is 0 Å². The minimum Gasteiger partial charge on any atom is -0.357 e. The minimum absolute atomic E-state index is 0.858. The molecule has 17 heavy (non-hydrogen) atoms. The minimum atomic E-state index is 0.858. The highest BCUT2D eigenvalue weighted by atomic mass is 32.1. The topological polar surface area (TPSA) is 24.9 Å². The Labute approximate surface area is 107 Å². The third kappa shape index (κ3) is 2.86. The molecule has 1 aromatic carbocycles. The molecule has 90 valence electrons. The highest BCUT2D eigenvalue weighted by Crippen LogP contribution is 2.22. The second-order valence-electron chi connectivity index (χ2n) is 4.14. The predicted molar refractivity (Wildman–Crippen MR) is 74.7 cm³/mol. The number of hydrogen-bond acceptors (Lipinski definition) is 3. The molecule has 0 bridgehead atoms. The van der Waals surface area contributed by atoms with Gasteiger partial charge in [0, 0.05) is 11.4 Å². The van der Waals surface area contributed by atoms with Crippen LogP contribution in [0, 0.1) is 13.8 Å². The number of aryl methyl sites for hydroxylation is 3. The molecule has 2 rings (SSSR count). The van der Waals surface area contributed by atoms with Gasteiger partial charge in [0.05, 0.1) is 5.69 Å². The summed E-state index contributed by atoms with van der Waals surface area (Å²) in [7, 11) is 0. The van der Waals surface area contributed by atoms with Crippen molar-refractivity contribution >= 4 is 16.5 Å². The molecular weight excluding hydrogens is 228 g/mol. The molecule has 2 aromatic rings. The molecule has 3 heteroatoms. The Balaban J connectivity index is 2.07. The van der Waals surface area contributed by atoms with E-state index in [9.17, 15) is 0 Å². The fourth-order valence-corrected chi connectivity index (χ4v) is 2.60. The van der Waals surface area contributed by atoms with Gasteiger partial charge in [-0.2, -0.15) is 0 Å². The van der Waals surface area contributed by atoms with Crippen molar-refractivity contribution in [1.82, 2.24) is 4.98 Å². The van der Waals surface area contributed by atoms with Gasteiger partial charge >= 0.3 is 0 Å². The summed E-state index contributed by atoms with van der Waals surface area (Å²) in [6.45, 7) is 7.21. The molecule has 0 atom stereocenters. The maximum Gasteiger partial charge on any atom is 0.183 e. The van der Waals surface area contributed by atoms with Crippen molar-refractivity contribution in [3.8, 4) is 0 Å². The Morgan fingerprint density at radius 3 is 2.47 bits per heavy atom. The van der Waals surface area contributed by atoms with Crippen LogP contribution in [-0.2, 0) is 13.0 Å². The van der Waals surface area contributed by atoms with Crippen molar-refractivity contribution < 1.29 is 0 Å². The molecule has 1 N–H and O–H groups in total. The summed E-state index contributed by atoms with van der Waals surface area (Å²) in [5, 5.41) is 4.42. The van der Waals surface area contributed by atoms with E-state index in [1.54, 1.807) is 11.3 Å². The van der Waals surface area contributed by atoms with E-state index in [1.807, 2.05) is 0 Å². The smallest absolute Gasteiger partial charge is 0.183 e. The zero-order chi connectivity index (χ0) is 12.3. The fraction of sp³-hybridized carbons (Fsp3) is 0.357. The van der Waals surface area contributed by atoms with Gasteiger partial charge in [-0.15, -0.1) is 11.3 Å². The Bertz CT molecular complexity index is 483. The summed E-state index contributed by atoms with van der Waals surface area (Å²) in [5.41, 5.74) is 3.90. The zero-order valence-electron chi connectivity index (χ0n) is 10.6. The van der Waals surface area contributed by atoms with E-state index in [0.717, 1.165) is 23.8 Å². The second-order valence-corrected chi connectivity index (χ2v) is 5.34. The zero-order valence-corrected chi connectivity index (χ0v) is 11.4. The van der Waals surface area contributed by atoms with Gasteiger partial charge in [0.2, 0.25) is 0 Å². The molecule has 0 radical (unpaired) electrons. The number of anilines is 1. The highest BCUT2D eigenvalue weighted by molar-refractivity contribution is 7.15. The van der Waals surface area contributed by atoms with Crippen LogP contribution < -0.4 is 5.32 Å². The van der Waals surface area contributed by atoms with E-state index < -0.39 is 0 Å². The molecular formula is C14H18N2S. The summed E-state index contributed by atoms with van der Waals surface area (Å²) in [6, 6.07) is 8.56. The Hall–Kier alpha value is -1.35. The standard InChI is InChI=1S/C14H18N2S/c1-4-12-7-5-6-8-13(12)9-15-14-16-10(2)11(3)17-14/h5-8H,4,9H2,1-3H3,(H,15,16). The van der Waals surface area contributed by atoms with E-state index in [-0.39, 0.29) is 0 Å². The van der Waals surface area contributed by atoms with E-state index in [0.29, 0.717) is 0 Å². The maximum absolute atomic E-state index is 4.49. The van der Waals surface area contributed by atoms with Crippen LogP contribution in [0.5, 0.6) is 0 Å². The average molecular weight is 246 g/mol. The number of hydrogen-bond donors (Lipinski definition) is 1. The number of aromatic nitrogens is 1. The van der Waals surface area contributed by atoms with Gasteiger partial charge in [0.1, 0.15) is 0 Å². The molecule has 0 spiro atoms. The van der Waals surface area contributed by atoms with E-state index >= 15 is 0 Å². The lowest BCUT2D eigenvalue weighted by Gasteiger charge is -2.07. The van der Waals surface area contributed by atoms with Crippen LogP contribution in [0.15, 0.2) is 24.3 Å². The van der Waals surface area contributed by atoms with Crippen molar-refractivity contribution in [2.45, 2.75) is 33.7 Å². The number of nitrogens with zero attached hydrogens (tertiary/aromatic N) is 1. The lowest BCUT2D eigenvalue weighted by Crippen LogP contribution is -2.02. The molecule has 1 heterocycles. The van der Waals surface area contributed by atoms with Gasteiger partial charge in [-0.1, -0.05) is 31.2 Å². The summed E-state index contributed by atoms with van der Waals surface area (Å²) in [4.78, 5) is 5.78. The lowest BCUT2D eigenvalue weighted by molar-refractivity contribution is 1.04. The summed E-state index contributed by atoms with van der Waals surface area (Å²) in [6.07, 6.45) is 1.08. The van der Waals surface area contributed by atoms with Gasteiger partial charge < -0.3 is 5.32 Å². The third-order valence-electron chi connectivity index (χ3n) is 2.96. The molecule has 0 unspecified atom stereocenters. The molecule has 1 aromatic heterocycles. The molecule has 2 nitrogen and oxygen atoms in total. The first-order valence-corrected chi connectivity index (χ1v) is 6.77. The van der Waals surface area contributed by atoms with Gasteiger partial charge in [0.25, 0.3) is 0 Å². The Morgan fingerprint density at radius 1 is 1.18 bits per heavy atom. The van der Waals surface area contributed by atoms with E-state index in [1.165, 1.54) is 16.0 Å². The predicted octanol–water partition coefficient (Wildman–Crippen LogP) is 3.93. The van der Waals surface area contributed by atoms with Crippen LogP contribution in [0.25, 0.3) is 0 Å². The van der Waals surface area contributed by atoms with Gasteiger partial charge in [0.15, 0.2) is 5.13 Å². The van der Waals surface area contributed by atoms with Crippen molar-refractivity contribution in [2.24, 2.45) is 0 Å². The number of thiazole rings is 1. The van der Waals surface area contributed by atoms with Crippen molar-refractivity contribution in [3.05, 3.63) is 46.0 Å². The summed E-state index contributed by atoms with van der Waals surface area (Å²) < 4.78 is 0. The van der Waals surface area contributed by atoms with Crippen molar-refractivity contribution in [2.75, 3.05) is 5.32 Å². The first kappa shape index (κ1) is 12.1. The van der Waals surface area contributed by atoms with Crippen LogP contribution in [0.1, 0.15) is 28.6 Å². The largest absolute Gasteiger partial charge is 0.357 e. The van der Waals surface area contributed by atoms with Crippen LogP contribution in [0.2, 0.25) is 0 Å². The Kier molecular flexibility index (Phi) is 3.79. The highest BCUT2D eigenvalue weighted by Gasteiger charge is 2.04. The first-order valence-electron chi connectivity index (χ1n) is 5.95. The van der Waals surface area contributed by atoms with Crippen LogP contribution in [0.4, 0.5) is 5.13 Å². The quantitative estimate of drug-likeness (QED) is 0.884. The van der Waals surface area contributed by atoms with Gasteiger partial charge in [-0.3, -0.25) is 0 Å². The monoisotopic (exact) mass is 246 g/mol. The molecule has 0 amide bonds. The van der Waals surface area contributed by atoms with Crippen LogP contribution in [-0.4, -0.2) is 4.98 Å². The SMILES string of the molecule is CCc1ccccc1CNc1nc(C)c(C)s1. The fourth-order valence-electron chi connectivity index (χ4n) is 1.79. The third-order valence-corrected chi connectivity index (χ3v) is 3.99. The van der Waals surface area contributed by atoms with Crippen molar-refractivity contribution in [3.63, 3.8) is 0 Å². The van der Waals surface area contributed by atoms with Gasteiger partial charge in [-0.25, -0.2) is 4.98 Å². The number of benzene rings is 1. The molecule has 0 aliphatic heterocycles. The average Bonchev–Trinajstić information content (AvgIpc) is 2.66. The lowest BCUT2D eigenvalue weighted by atomic mass is 10.1. The molecule has 0 fully saturated rings. The van der Waals surface area contributed by atoms with Crippen LogP contribution in [0.3, 0.4) is 0 Å². The molecule has 0 saturated heterocycles. The normalized spacial score (nSPS) is 10.5. The molecule has 0 saturated carbocycles. The van der Waals surface area contributed by atoms with Crippen molar-refractivity contribution in [1.29, 1.82) is 0 Å². The second kappa shape index (κ2) is 5.32. The van der Waals surface area contributed by atoms with Gasteiger partial charge in [-0.05, 0) is 31.4 Å². The number of nitrogens with one attached hydrogen (secondary N) is 1. The molecule has 0 aliphatic rings. The maximum atomic E-state index is 4.49. The summed E-state index contributed by atoms with van der Waals surface area (Å²) >= 11 is 1.72. The molecule has 0 aliphatic carbocycles.